The summed E-state index contributed by atoms with van der Waals surface area (Å²) in [4.78, 5) is 31.2. The Morgan fingerprint density at radius 2 is 1.92 bits per heavy atom. The van der Waals surface area contributed by atoms with Crippen molar-refractivity contribution < 1.29 is 14.3 Å². The molecule has 2 aliphatic rings. The van der Waals surface area contributed by atoms with Crippen LogP contribution in [0.5, 0.6) is 0 Å². The van der Waals surface area contributed by atoms with Crippen molar-refractivity contribution in [1.82, 2.24) is 4.90 Å². The Hall–Kier alpha value is -2.08. The quantitative estimate of drug-likeness (QED) is 0.781. The number of nitrogens with zero attached hydrogens (tertiary/aromatic N) is 3. The molecule has 0 aliphatic carbocycles. The molecule has 2 heterocycles. The fourth-order valence-corrected chi connectivity index (χ4v) is 3.69. The fourth-order valence-electron chi connectivity index (χ4n) is 3.69. The summed E-state index contributed by atoms with van der Waals surface area (Å²) in [6.45, 7) is 6.38. The van der Waals surface area contributed by atoms with Gasteiger partial charge in [0.15, 0.2) is 0 Å². The molecule has 1 unspecified atom stereocenters. The van der Waals surface area contributed by atoms with Crippen molar-refractivity contribution >= 4 is 23.2 Å². The number of unbranched alkanes of at least 4 members (excludes halogenated alkanes) is 1. The second-order valence-corrected chi connectivity index (χ2v) is 7.11. The van der Waals surface area contributed by atoms with Crippen LogP contribution >= 0.6 is 0 Å². The van der Waals surface area contributed by atoms with E-state index in [1.54, 1.807) is 9.80 Å². The van der Waals surface area contributed by atoms with E-state index in [1.807, 2.05) is 25.2 Å². The van der Waals surface area contributed by atoms with Crippen LogP contribution < -0.4 is 9.80 Å². The third-order valence-corrected chi connectivity index (χ3v) is 5.22. The van der Waals surface area contributed by atoms with E-state index in [0.29, 0.717) is 26.2 Å². The first-order chi connectivity index (χ1) is 12.6. The minimum atomic E-state index is -0.248. The predicted molar refractivity (Wildman–Crippen MR) is 102 cm³/mol. The van der Waals surface area contributed by atoms with Gasteiger partial charge in [0.25, 0.3) is 0 Å². The molecule has 0 radical (unpaired) electrons. The summed E-state index contributed by atoms with van der Waals surface area (Å²) >= 11 is 0. The normalized spacial score (nSPS) is 20.5. The molecule has 0 N–H and O–H groups in total. The maximum atomic E-state index is 12.7. The van der Waals surface area contributed by atoms with Crippen LogP contribution in [-0.2, 0) is 14.3 Å². The summed E-state index contributed by atoms with van der Waals surface area (Å²) in [5.41, 5.74) is 1.96. The number of para-hydroxylation sites is 2. The minimum Gasteiger partial charge on any atom is -0.378 e. The molecule has 26 heavy (non-hydrogen) atoms. The maximum Gasteiger partial charge on any atom is 0.227 e. The van der Waals surface area contributed by atoms with Crippen molar-refractivity contribution in [2.75, 3.05) is 56.2 Å². The lowest BCUT2D eigenvalue weighted by molar-refractivity contribution is -0.134. The van der Waals surface area contributed by atoms with Crippen LogP contribution in [0, 0.1) is 5.92 Å². The van der Waals surface area contributed by atoms with Gasteiger partial charge in [-0.05, 0) is 18.6 Å². The van der Waals surface area contributed by atoms with Gasteiger partial charge in [-0.2, -0.15) is 0 Å². The third-order valence-electron chi connectivity index (χ3n) is 5.22. The highest BCUT2D eigenvalue weighted by Gasteiger charge is 2.37. The first-order valence-corrected chi connectivity index (χ1v) is 9.59. The van der Waals surface area contributed by atoms with Gasteiger partial charge in [-0.1, -0.05) is 25.5 Å². The summed E-state index contributed by atoms with van der Waals surface area (Å²) < 4.78 is 5.44. The monoisotopic (exact) mass is 359 g/mol. The Labute approximate surface area is 155 Å². The fraction of sp³-hybridized carbons (Fsp3) is 0.600. The Kier molecular flexibility index (Phi) is 6.14. The lowest BCUT2D eigenvalue weighted by Crippen LogP contribution is -2.38. The molecule has 0 bridgehead atoms. The van der Waals surface area contributed by atoms with Crippen LogP contribution in [0.1, 0.15) is 26.2 Å². The molecular weight excluding hydrogens is 330 g/mol. The van der Waals surface area contributed by atoms with Gasteiger partial charge in [0.05, 0.1) is 30.5 Å². The predicted octanol–water partition coefficient (Wildman–Crippen LogP) is 2.13. The molecule has 1 aromatic carbocycles. The zero-order chi connectivity index (χ0) is 18.5. The summed E-state index contributed by atoms with van der Waals surface area (Å²) in [6, 6.07) is 7.98. The highest BCUT2D eigenvalue weighted by Crippen LogP contribution is 2.34. The van der Waals surface area contributed by atoms with Crippen molar-refractivity contribution in [3.63, 3.8) is 0 Å². The second kappa shape index (κ2) is 8.54. The van der Waals surface area contributed by atoms with Crippen LogP contribution in [0.4, 0.5) is 11.4 Å². The average molecular weight is 359 g/mol. The Balaban J connectivity index is 1.74. The molecule has 6 heteroatoms. The van der Waals surface area contributed by atoms with E-state index < -0.39 is 0 Å². The van der Waals surface area contributed by atoms with Gasteiger partial charge in [-0.15, -0.1) is 0 Å². The van der Waals surface area contributed by atoms with Gasteiger partial charge in [0.1, 0.15) is 0 Å². The molecule has 2 amide bonds. The number of hydrogen-bond donors (Lipinski definition) is 0. The maximum absolute atomic E-state index is 12.7. The van der Waals surface area contributed by atoms with E-state index in [0.717, 1.165) is 43.9 Å². The molecule has 0 aromatic heterocycles. The number of ether oxygens (including phenoxy) is 1. The first-order valence-electron chi connectivity index (χ1n) is 9.59. The zero-order valence-electron chi connectivity index (χ0n) is 15.8. The van der Waals surface area contributed by atoms with Gasteiger partial charge in [-0.25, -0.2) is 0 Å². The number of benzene rings is 1. The van der Waals surface area contributed by atoms with Crippen molar-refractivity contribution in [3.8, 4) is 0 Å². The Bertz CT molecular complexity index is 643. The van der Waals surface area contributed by atoms with Crippen LogP contribution in [-0.4, -0.2) is 63.2 Å². The molecule has 142 valence electrons. The number of anilines is 2. The lowest BCUT2D eigenvalue weighted by atomic mass is 10.1. The molecular formula is C20H29N3O3. The molecule has 2 aliphatic heterocycles. The van der Waals surface area contributed by atoms with Crippen LogP contribution in [0.15, 0.2) is 24.3 Å². The van der Waals surface area contributed by atoms with Gasteiger partial charge < -0.3 is 19.4 Å². The molecule has 0 saturated carbocycles. The van der Waals surface area contributed by atoms with Crippen LogP contribution in [0.2, 0.25) is 0 Å². The summed E-state index contributed by atoms with van der Waals surface area (Å²) in [6.07, 6.45) is 2.35. The average Bonchev–Trinajstić information content (AvgIpc) is 3.07. The number of hydrogen-bond acceptors (Lipinski definition) is 4. The first kappa shape index (κ1) is 18.7. The van der Waals surface area contributed by atoms with Gasteiger partial charge in [-0.3, -0.25) is 9.59 Å². The van der Waals surface area contributed by atoms with Crippen molar-refractivity contribution in [2.45, 2.75) is 26.2 Å². The molecule has 1 aromatic rings. The topological polar surface area (TPSA) is 53.1 Å². The van der Waals surface area contributed by atoms with E-state index in [1.165, 1.54) is 0 Å². The number of amides is 2. The van der Waals surface area contributed by atoms with E-state index >= 15 is 0 Å². The number of rotatable bonds is 6. The van der Waals surface area contributed by atoms with E-state index in [2.05, 4.69) is 17.9 Å². The minimum absolute atomic E-state index is 0.0351. The van der Waals surface area contributed by atoms with Gasteiger partial charge >= 0.3 is 0 Å². The SMILES string of the molecule is CCCCN(C)C(=O)C1CC(=O)N(c2ccccc2N2CCOCC2)C1. The summed E-state index contributed by atoms with van der Waals surface area (Å²) in [7, 11) is 1.84. The van der Waals surface area contributed by atoms with Crippen molar-refractivity contribution in [1.29, 1.82) is 0 Å². The third kappa shape index (κ3) is 4.01. The van der Waals surface area contributed by atoms with Crippen molar-refractivity contribution in [3.05, 3.63) is 24.3 Å². The highest BCUT2D eigenvalue weighted by molar-refractivity contribution is 6.02. The largest absolute Gasteiger partial charge is 0.378 e. The Morgan fingerprint density at radius 1 is 1.23 bits per heavy atom. The molecule has 2 fully saturated rings. The standard InChI is InChI=1S/C20H29N3O3/c1-3-4-9-21(2)20(25)16-14-19(24)23(15-16)18-8-6-5-7-17(18)22-10-12-26-13-11-22/h5-8,16H,3-4,9-15H2,1-2H3. The lowest BCUT2D eigenvalue weighted by Gasteiger charge is -2.32. The molecule has 0 spiro atoms. The van der Waals surface area contributed by atoms with E-state index in [-0.39, 0.29) is 17.7 Å². The van der Waals surface area contributed by atoms with E-state index in [9.17, 15) is 9.59 Å². The number of morpholine rings is 1. The smallest absolute Gasteiger partial charge is 0.227 e. The zero-order valence-corrected chi connectivity index (χ0v) is 15.8. The molecule has 6 nitrogen and oxygen atoms in total. The Morgan fingerprint density at radius 3 is 2.62 bits per heavy atom. The molecule has 2 saturated heterocycles. The van der Waals surface area contributed by atoms with Gasteiger partial charge in [0.2, 0.25) is 11.8 Å². The van der Waals surface area contributed by atoms with Gasteiger partial charge in [0, 0.05) is 39.6 Å². The number of carbonyl (C=O) groups is 2. The van der Waals surface area contributed by atoms with Crippen molar-refractivity contribution in [2.24, 2.45) is 5.92 Å². The highest BCUT2D eigenvalue weighted by atomic mass is 16.5. The van der Waals surface area contributed by atoms with Crippen LogP contribution in [0.3, 0.4) is 0 Å². The van der Waals surface area contributed by atoms with Crippen LogP contribution in [0.25, 0.3) is 0 Å². The summed E-state index contributed by atoms with van der Waals surface area (Å²) in [5.74, 6) is -0.131. The molecule has 3 rings (SSSR count). The van der Waals surface area contributed by atoms with E-state index in [4.69, 9.17) is 4.74 Å². The number of carbonyl (C=O) groups excluding carboxylic acids is 2. The molecule has 1 atom stereocenters. The second-order valence-electron chi connectivity index (χ2n) is 7.11. The summed E-state index contributed by atoms with van der Waals surface area (Å²) in [5, 5.41) is 0.